The van der Waals surface area contributed by atoms with Gasteiger partial charge in [-0.3, -0.25) is 10.1 Å². The van der Waals surface area contributed by atoms with Crippen LogP contribution in [-0.2, 0) is 4.79 Å². The summed E-state index contributed by atoms with van der Waals surface area (Å²) in [5.41, 5.74) is 0. The van der Waals surface area contributed by atoms with Gasteiger partial charge in [-0.2, -0.15) is 0 Å². The number of carbonyl (C=O) groups is 1. The first kappa shape index (κ1) is 6.11. The van der Waals surface area contributed by atoms with Gasteiger partial charge in [0.1, 0.15) is 0 Å². The Bertz CT molecular complexity index is 105. The van der Waals surface area contributed by atoms with Gasteiger partial charge in [-0.15, -0.1) is 0 Å². The van der Waals surface area contributed by atoms with Crippen LogP contribution in [0.5, 0.6) is 0 Å². The van der Waals surface area contributed by atoms with Crippen molar-refractivity contribution in [2.75, 3.05) is 6.54 Å². The molecule has 46 valence electrons. The predicted octanol–water partition coefficient (Wildman–Crippen LogP) is 0.585. The molecule has 8 heavy (non-hydrogen) atoms. The maximum absolute atomic E-state index is 10.5. The largest absolute Gasteiger partial charge is 0.297 e. The van der Waals surface area contributed by atoms with E-state index in [9.17, 15) is 4.79 Å². The molecule has 0 aliphatic carbocycles. The van der Waals surface area contributed by atoms with Gasteiger partial charge in [0.05, 0.1) is 11.9 Å². The fraction of sp³-hybridized carbons (Fsp3) is 0.800. The van der Waals surface area contributed by atoms with Crippen LogP contribution < -0.4 is 5.32 Å². The molecule has 1 unspecified atom stereocenters. The van der Waals surface area contributed by atoms with Crippen molar-refractivity contribution >= 4 is 16.9 Å². The zero-order valence-electron chi connectivity index (χ0n) is 4.81. The zero-order valence-corrected chi connectivity index (χ0v) is 5.62. The Morgan fingerprint density at radius 2 is 2.75 bits per heavy atom. The van der Waals surface area contributed by atoms with E-state index in [-0.39, 0.29) is 5.12 Å². The second-order valence-corrected chi connectivity index (χ2v) is 3.03. The third-order valence-corrected chi connectivity index (χ3v) is 2.31. The highest BCUT2D eigenvalue weighted by molar-refractivity contribution is 8.14. The second-order valence-electron chi connectivity index (χ2n) is 1.77. The second kappa shape index (κ2) is 2.51. The summed E-state index contributed by atoms with van der Waals surface area (Å²) >= 11 is 1.42. The van der Waals surface area contributed by atoms with Crippen LogP contribution in [0.2, 0.25) is 0 Å². The Balaban J connectivity index is 2.32. The summed E-state index contributed by atoms with van der Waals surface area (Å²) < 4.78 is 0. The van der Waals surface area contributed by atoms with Crippen LogP contribution in [0.25, 0.3) is 0 Å². The molecule has 1 fully saturated rings. The summed E-state index contributed by atoms with van der Waals surface area (Å²) in [5.74, 6) is 0. The molecule has 0 amide bonds. The minimum Gasteiger partial charge on any atom is -0.297 e. The summed E-state index contributed by atoms with van der Waals surface area (Å²) in [7, 11) is 0. The van der Waals surface area contributed by atoms with Crippen molar-refractivity contribution in [3.8, 4) is 0 Å². The Kier molecular flexibility index (Phi) is 1.91. The van der Waals surface area contributed by atoms with Crippen molar-refractivity contribution in [3.63, 3.8) is 0 Å². The molecule has 1 saturated heterocycles. The zero-order chi connectivity index (χ0) is 5.98. The van der Waals surface area contributed by atoms with Crippen LogP contribution in [0.3, 0.4) is 0 Å². The number of hydrogen-bond donors (Lipinski definition) is 1. The quantitative estimate of drug-likeness (QED) is 0.564. The van der Waals surface area contributed by atoms with Crippen LogP contribution in [0.15, 0.2) is 0 Å². The van der Waals surface area contributed by atoms with Gasteiger partial charge in [0, 0.05) is 0 Å². The van der Waals surface area contributed by atoms with Crippen LogP contribution in [0.4, 0.5) is 0 Å². The Hall–Kier alpha value is -0.0200. The lowest BCUT2D eigenvalue weighted by Gasteiger charge is -1.99. The normalized spacial score (nSPS) is 29.1. The van der Waals surface area contributed by atoms with E-state index in [0.717, 1.165) is 6.42 Å². The molecular formula is C5H9NOS. The lowest BCUT2D eigenvalue weighted by molar-refractivity contribution is -0.109. The summed E-state index contributed by atoms with van der Waals surface area (Å²) in [6.45, 7) is 2.63. The first-order valence-corrected chi connectivity index (χ1v) is 3.63. The molecular weight excluding hydrogens is 122 g/mol. The average Bonchev–Trinajstić information content (AvgIpc) is 2.14. The highest BCUT2D eigenvalue weighted by Crippen LogP contribution is 2.17. The SMILES string of the molecule is CCC1NCC(=O)S1. The smallest absolute Gasteiger partial charge is 0.204 e. The molecule has 2 nitrogen and oxygen atoms in total. The Labute approximate surface area is 53.0 Å². The molecule has 0 radical (unpaired) electrons. The van der Waals surface area contributed by atoms with Gasteiger partial charge >= 0.3 is 0 Å². The monoisotopic (exact) mass is 131 g/mol. The van der Waals surface area contributed by atoms with Crippen LogP contribution in [-0.4, -0.2) is 17.0 Å². The molecule has 0 aromatic heterocycles. The van der Waals surface area contributed by atoms with Gasteiger partial charge in [-0.25, -0.2) is 0 Å². The van der Waals surface area contributed by atoms with Crippen molar-refractivity contribution < 1.29 is 4.79 Å². The summed E-state index contributed by atoms with van der Waals surface area (Å²) in [6, 6.07) is 0. The van der Waals surface area contributed by atoms with E-state index in [0.29, 0.717) is 11.9 Å². The highest BCUT2D eigenvalue weighted by Gasteiger charge is 2.19. The molecule has 1 aliphatic heterocycles. The maximum Gasteiger partial charge on any atom is 0.204 e. The highest BCUT2D eigenvalue weighted by atomic mass is 32.2. The lowest BCUT2D eigenvalue weighted by atomic mass is 10.5. The molecule has 1 rings (SSSR count). The van der Waals surface area contributed by atoms with E-state index in [4.69, 9.17) is 0 Å². The average molecular weight is 131 g/mol. The minimum atomic E-state index is 0.275. The van der Waals surface area contributed by atoms with E-state index in [1.54, 1.807) is 0 Å². The van der Waals surface area contributed by atoms with Crippen molar-refractivity contribution in [1.29, 1.82) is 0 Å². The topological polar surface area (TPSA) is 29.1 Å². The Morgan fingerprint density at radius 3 is 3.00 bits per heavy atom. The van der Waals surface area contributed by atoms with E-state index >= 15 is 0 Å². The molecule has 1 aliphatic rings. The van der Waals surface area contributed by atoms with Gasteiger partial charge in [0.25, 0.3) is 0 Å². The molecule has 1 N–H and O–H groups in total. The first-order chi connectivity index (χ1) is 3.83. The predicted molar refractivity (Wildman–Crippen MR) is 34.7 cm³/mol. The number of carbonyl (C=O) groups excluding carboxylic acids is 1. The molecule has 0 spiro atoms. The number of hydrogen-bond acceptors (Lipinski definition) is 3. The standard InChI is InChI=1S/C5H9NOS/c1-2-4-6-3-5(7)8-4/h4,6H,2-3H2,1H3. The number of nitrogens with one attached hydrogen (secondary N) is 1. The fourth-order valence-corrected chi connectivity index (χ4v) is 1.48. The molecule has 0 saturated carbocycles. The minimum absolute atomic E-state index is 0.275. The summed E-state index contributed by atoms with van der Waals surface area (Å²) in [5, 5.41) is 3.74. The fourth-order valence-electron chi connectivity index (χ4n) is 0.667. The molecule has 0 aromatic carbocycles. The molecule has 0 bridgehead atoms. The number of rotatable bonds is 1. The van der Waals surface area contributed by atoms with E-state index in [1.807, 2.05) is 0 Å². The van der Waals surface area contributed by atoms with Crippen LogP contribution in [0, 0.1) is 0 Å². The number of thioether (sulfide) groups is 1. The van der Waals surface area contributed by atoms with E-state index < -0.39 is 0 Å². The van der Waals surface area contributed by atoms with E-state index in [2.05, 4.69) is 12.2 Å². The third kappa shape index (κ3) is 1.23. The van der Waals surface area contributed by atoms with Gasteiger partial charge in [-0.1, -0.05) is 18.7 Å². The van der Waals surface area contributed by atoms with Gasteiger partial charge in [0.15, 0.2) is 0 Å². The molecule has 1 atom stereocenters. The van der Waals surface area contributed by atoms with Gasteiger partial charge in [-0.05, 0) is 6.42 Å². The first-order valence-electron chi connectivity index (χ1n) is 2.76. The molecule has 3 heteroatoms. The maximum atomic E-state index is 10.5. The van der Waals surface area contributed by atoms with Crippen molar-refractivity contribution in [1.82, 2.24) is 5.32 Å². The lowest BCUT2D eigenvalue weighted by Crippen LogP contribution is -2.18. The van der Waals surface area contributed by atoms with Gasteiger partial charge in [0.2, 0.25) is 5.12 Å². The third-order valence-electron chi connectivity index (χ3n) is 1.12. The molecule has 1 heterocycles. The molecule has 0 aromatic rings. The summed E-state index contributed by atoms with van der Waals surface area (Å²) in [4.78, 5) is 10.5. The Morgan fingerprint density at radius 1 is 2.00 bits per heavy atom. The van der Waals surface area contributed by atoms with E-state index in [1.165, 1.54) is 11.8 Å². The summed E-state index contributed by atoms with van der Waals surface area (Å²) in [6.07, 6.45) is 1.04. The van der Waals surface area contributed by atoms with Crippen molar-refractivity contribution in [2.45, 2.75) is 18.7 Å². The van der Waals surface area contributed by atoms with Crippen LogP contribution >= 0.6 is 11.8 Å². The van der Waals surface area contributed by atoms with Crippen molar-refractivity contribution in [3.05, 3.63) is 0 Å². The van der Waals surface area contributed by atoms with Gasteiger partial charge < -0.3 is 0 Å². The van der Waals surface area contributed by atoms with Crippen LogP contribution in [0.1, 0.15) is 13.3 Å². The van der Waals surface area contributed by atoms with Crippen molar-refractivity contribution in [2.24, 2.45) is 0 Å².